The zero-order chi connectivity index (χ0) is 20.8. The number of benzene rings is 2. The van der Waals surface area contributed by atoms with E-state index in [1.165, 1.54) is 0 Å². The van der Waals surface area contributed by atoms with Gasteiger partial charge in [0.2, 0.25) is 0 Å². The lowest BCUT2D eigenvalue weighted by Crippen LogP contribution is -2.26. The summed E-state index contributed by atoms with van der Waals surface area (Å²) >= 11 is 3.38. The molecule has 29 heavy (non-hydrogen) atoms. The fourth-order valence-electron chi connectivity index (χ4n) is 3.11. The molecule has 0 bridgehead atoms. The van der Waals surface area contributed by atoms with Crippen molar-refractivity contribution < 1.29 is 14.3 Å². The van der Waals surface area contributed by atoms with Crippen LogP contribution in [0.3, 0.4) is 0 Å². The summed E-state index contributed by atoms with van der Waals surface area (Å²) in [5.41, 5.74) is 1.51. The highest BCUT2D eigenvalue weighted by molar-refractivity contribution is 9.10. The highest BCUT2D eigenvalue weighted by Crippen LogP contribution is 2.22. The summed E-state index contributed by atoms with van der Waals surface area (Å²) in [6.45, 7) is 4.63. The minimum Gasteiger partial charge on any atom is -0.491 e. The van der Waals surface area contributed by atoms with Crippen molar-refractivity contribution in [2.45, 2.75) is 31.6 Å². The summed E-state index contributed by atoms with van der Waals surface area (Å²) < 4.78 is 12.6. The molecule has 2 aromatic carbocycles. The van der Waals surface area contributed by atoms with Crippen molar-refractivity contribution in [1.29, 1.82) is 0 Å². The maximum Gasteiger partial charge on any atom is 0.320 e. The Morgan fingerprint density at radius 3 is 2.69 bits per heavy atom. The number of hydrogen-bond donors (Lipinski definition) is 0. The number of halogens is 1. The van der Waals surface area contributed by atoms with Crippen molar-refractivity contribution in [3.8, 4) is 5.75 Å². The standard InChI is InChI=1S/C22H23BrN2O4/c1-3-28-22(27)18(23)14-16-8-4-7-11-20(16)29-13-12-25-15(2)24-19-10-6-5-9-17(19)21(25)26/h4-11,18H,3,12-14H2,1-2H3. The van der Waals surface area contributed by atoms with Crippen LogP contribution in [0.5, 0.6) is 5.75 Å². The van der Waals surface area contributed by atoms with Crippen LogP contribution in [0.2, 0.25) is 0 Å². The second-order valence-corrected chi connectivity index (χ2v) is 7.62. The fourth-order valence-corrected chi connectivity index (χ4v) is 3.59. The molecule has 0 radical (unpaired) electrons. The fraction of sp³-hybridized carbons (Fsp3) is 0.318. The van der Waals surface area contributed by atoms with E-state index in [0.717, 1.165) is 5.56 Å². The first-order chi connectivity index (χ1) is 14.0. The molecule has 0 spiro atoms. The average Bonchev–Trinajstić information content (AvgIpc) is 2.71. The van der Waals surface area contributed by atoms with Crippen molar-refractivity contribution in [3.05, 3.63) is 70.3 Å². The quantitative estimate of drug-likeness (QED) is 0.380. The number of alkyl halides is 1. The first-order valence-corrected chi connectivity index (χ1v) is 10.4. The van der Waals surface area contributed by atoms with Gasteiger partial charge in [0.1, 0.15) is 23.0 Å². The lowest BCUT2D eigenvalue weighted by Gasteiger charge is -2.15. The Hall–Kier alpha value is -2.67. The van der Waals surface area contributed by atoms with Gasteiger partial charge in [-0.3, -0.25) is 14.2 Å². The van der Waals surface area contributed by atoms with Gasteiger partial charge in [0.05, 0.1) is 24.1 Å². The summed E-state index contributed by atoms with van der Waals surface area (Å²) in [7, 11) is 0. The largest absolute Gasteiger partial charge is 0.491 e. The van der Waals surface area contributed by atoms with Gasteiger partial charge in [0.25, 0.3) is 5.56 Å². The van der Waals surface area contributed by atoms with Crippen molar-refractivity contribution in [3.63, 3.8) is 0 Å². The minimum absolute atomic E-state index is 0.0761. The van der Waals surface area contributed by atoms with E-state index in [9.17, 15) is 9.59 Å². The third kappa shape index (κ3) is 5.03. The van der Waals surface area contributed by atoms with Crippen LogP contribution in [0.15, 0.2) is 53.3 Å². The zero-order valence-corrected chi connectivity index (χ0v) is 18.0. The molecule has 0 saturated heterocycles. The maximum absolute atomic E-state index is 12.8. The van der Waals surface area contributed by atoms with Gasteiger partial charge in [-0.1, -0.05) is 46.3 Å². The molecule has 1 aromatic heterocycles. The predicted octanol–water partition coefficient (Wildman–Crippen LogP) is 3.65. The van der Waals surface area contributed by atoms with E-state index in [4.69, 9.17) is 9.47 Å². The highest BCUT2D eigenvalue weighted by atomic mass is 79.9. The summed E-state index contributed by atoms with van der Waals surface area (Å²) in [5, 5.41) is 0.593. The number of nitrogens with zero attached hydrogens (tertiary/aromatic N) is 2. The second kappa shape index (κ2) is 9.69. The molecule has 1 atom stereocenters. The van der Waals surface area contributed by atoms with E-state index >= 15 is 0 Å². The molecule has 0 N–H and O–H groups in total. The van der Waals surface area contributed by atoms with Crippen LogP contribution in [-0.2, 0) is 22.5 Å². The number of ether oxygens (including phenoxy) is 2. The van der Waals surface area contributed by atoms with Crippen LogP contribution in [-0.4, -0.2) is 33.6 Å². The number of aryl methyl sites for hydroxylation is 1. The normalized spacial score (nSPS) is 12.0. The van der Waals surface area contributed by atoms with Crippen molar-refractivity contribution in [2.75, 3.05) is 13.2 Å². The van der Waals surface area contributed by atoms with E-state index in [1.807, 2.05) is 49.4 Å². The molecule has 1 heterocycles. The van der Waals surface area contributed by atoms with Gasteiger partial charge in [-0.25, -0.2) is 4.98 Å². The molecule has 6 nitrogen and oxygen atoms in total. The van der Waals surface area contributed by atoms with Gasteiger partial charge in [-0.05, 0) is 44.0 Å². The Morgan fingerprint density at radius 1 is 1.17 bits per heavy atom. The zero-order valence-electron chi connectivity index (χ0n) is 16.4. The van der Waals surface area contributed by atoms with E-state index < -0.39 is 4.83 Å². The molecule has 0 aliphatic carbocycles. The second-order valence-electron chi connectivity index (χ2n) is 6.51. The van der Waals surface area contributed by atoms with Gasteiger partial charge < -0.3 is 9.47 Å². The smallest absolute Gasteiger partial charge is 0.320 e. The van der Waals surface area contributed by atoms with Crippen LogP contribution in [0, 0.1) is 6.92 Å². The number of hydrogen-bond acceptors (Lipinski definition) is 5. The summed E-state index contributed by atoms with van der Waals surface area (Å²) in [5.74, 6) is 1.03. The van der Waals surface area contributed by atoms with Crippen LogP contribution >= 0.6 is 15.9 Å². The van der Waals surface area contributed by atoms with Crippen LogP contribution < -0.4 is 10.3 Å². The Bertz CT molecular complexity index is 1060. The number of esters is 1. The molecule has 3 rings (SSSR count). The topological polar surface area (TPSA) is 70.4 Å². The molecule has 0 aliphatic rings. The number of aromatic nitrogens is 2. The predicted molar refractivity (Wildman–Crippen MR) is 116 cm³/mol. The van der Waals surface area contributed by atoms with E-state index in [-0.39, 0.29) is 11.5 Å². The number of fused-ring (bicyclic) bond motifs is 1. The first-order valence-electron chi connectivity index (χ1n) is 9.49. The number of carbonyl (C=O) groups is 1. The van der Waals surface area contributed by atoms with Gasteiger partial charge in [-0.15, -0.1) is 0 Å². The van der Waals surface area contributed by atoms with Crippen molar-refractivity contribution in [1.82, 2.24) is 9.55 Å². The SMILES string of the molecule is CCOC(=O)C(Br)Cc1ccccc1OCCn1c(C)nc2ccccc2c1=O. The van der Waals surface area contributed by atoms with E-state index in [2.05, 4.69) is 20.9 Å². The van der Waals surface area contributed by atoms with E-state index in [0.29, 0.717) is 48.7 Å². The van der Waals surface area contributed by atoms with Crippen molar-refractivity contribution in [2.24, 2.45) is 0 Å². The Labute approximate surface area is 177 Å². The van der Waals surface area contributed by atoms with Gasteiger partial charge >= 0.3 is 5.97 Å². The number of rotatable bonds is 8. The molecule has 152 valence electrons. The summed E-state index contributed by atoms with van der Waals surface area (Å²) in [6.07, 6.45) is 0.450. The lowest BCUT2D eigenvalue weighted by atomic mass is 10.1. The Kier molecular flexibility index (Phi) is 7.04. The van der Waals surface area contributed by atoms with Crippen molar-refractivity contribution >= 4 is 32.8 Å². The van der Waals surface area contributed by atoms with Gasteiger partial charge in [0.15, 0.2) is 0 Å². The van der Waals surface area contributed by atoms with Crippen LogP contribution in [0.1, 0.15) is 18.3 Å². The molecular formula is C22H23BrN2O4. The third-order valence-corrected chi connectivity index (χ3v) is 5.24. The van der Waals surface area contributed by atoms with Gasteiger partial charge in [0, 0.05) is 0 Å². The summed E-state index contributed by atoms with van der Waals surface area (Å²) in [4.78, 5) is 28.7. The number of para-hydroxylation sites is 2. The first kappa shape index (κ1) is 21.0. The minimum atomic E-state index is -0.443. The molecule has 0 fully saturated rings. The molecule has 0 saturated carbocycles. The van der Waals surface area contributed by atoms with Crippen LogP contribution in [0.4, 0.5) is 0 Å². The maximum atomic E-state index is 12.8. The summed E-state index contributed by atoms with van der Waals surface area (Å²) in [6, 6.07) is 14.9. The molecule has 0 aliphatic heterocycles. The molecule has 1 unspecified atom stereocenters. The van der Waals surface area contributed by atoms with Crippen LogP contribution in [0.25, 0.3) is 10.9 Å². The average molecular weight is 459 g/mol. The Balaban J connectivity index is 1.71. The third-order valence-electron chi connectivity index (χ3n) is 4.54. The molecule has 0 amide bonds. The molecular weight excluding hydrogens is 436 g/mol. The van der Waals surface area contributed by atoms with E-state index in [1.54, 1.807) is 17.6 Å². The monoisotopic (exact) mass is 458 g/mol. The lowest BCUT2D eigenvalue weighted by molar-refractivity contribution is -0.142. The Morgan fingerprint density at radius 2 is 1.90 bits per heavy atom. The number of carbonyl (C=O) groups excluding carboxylic acids is 1. The molecule has 7 heteroatoms. The highest BCUT2D eigenvalue weighted by Gasteiger charge is 2.18. The van der Waals surface area contributed by atoms with Gasteiger partial charge in [-0.2, -0.15) is 0 Å². The molecule has 3 aromatic rings.